The van der Waals surface area contributed by atoms with E-state index in [-0.39, 0.29) is 0 Å². The molecule has 0 atom stereocenters. The third-order valence-corrected chi connectivity index (χ3v) is 3.35. The van der Waals surface area contributed by atoms with Crippen molar-refractivity contribution in [2.24, 2.45) is 0 Å². The van der Waals surface area contributed by atoms with Gasteiger partial charge in [-0.05, 0) is 36.6 Å². The van der Waals surface area contributed by atoms with Gasteiger partial charge in [-0.15, -0.1) is 0 Å². The molecule has 3 rings (SSSR count). The number of hydrogen-bond donors (Lipinski definition) is 1. The van der Waals surface area contributed by atoms with E-state index in [4.69, 9.17) is 4.74 Å². The van der Waals surface area contributed by atoms with Crippen molar-refractivity contribution < 1.29 is 4.74 Å². The summed E-state index contributed by atoms with van der Waals surface area (Å²) >= 11 is 0. The van der Waals surface area contributed by atoms with Gasteiger partial charge in [0, 0.05) is 25.0 Å². The SMILES string of the molecule is c1ccc(OCCn2ccc(CNC3CC3)c2)cc1. The molecule has 0 radical (unpaired) electrons. The summed E-state index contributed by atoms with van der Waals surface area (Å²) in [5, 5.41) is 3.52. The molecule has 0 bridgehead atoms. The molecule has 2 aromatic rings. The molecule has 1 N–H and O–H groups in total. The number of benzene rings is 1. The highest BCUT2D eigenvalue weighted by Gasteiger charge is 2.19. The second kappa shape index (κ2) is 5.93. The van der Waals surface area contributed by atoms with Gasteiger partial charge in [-0.1, -0.05) is 18.2 Å². The molecule has 1 heterocycles. The molecule has 1 aliphatic carbocycles. The minimum atomic E-state index is 0.703. The van der Waals surface area contributed by atoms with E-state index in [2.05, 4.69) is 28.3 Å². The van der Waals surface area contributed by atoms with Crippen molar-refractivity contribution in [1.82, 2.24) is 9.88 Å². The van der Waals surface area contributed by atoms with Gasteiger partial charge in [0.2, 0.25) is 0 Å². The van der Waals surface area contributed by atoms with Gasteiger partial charge in [0.25, 0.3) is 0 Å². The number of ether oxygens (including phenoxy) is 1. The van der Waals surface area contributed by atoms with Crippen LogP contribution in [0.3, 0.4) is 0 Å². The first-order valence-corrected chi connectivity index (χ1v) is 6.96. The topological polar surface area (TPSA) is 26.2 Å². The van der Waals surface area contributed by atoms with Crippen LogP contribution in [0.2, 0.25) is 0 Å². The summed E-state index contributed by atoms with van der Waals surface area (Å²) in [6.07, 6.45) is 7.00. The van der Waals surface area contributed by atoms with Crippen LogP contribution in [0, 0.1) is 0 Å². The summed E-state index contributed by atoms with van der Waals surface area (Å²) in [4.78, 5) is 0. The molecule has 1 aliphatic rings. The Morgan fingerprint density at radius 3 is 2.79 bits per heavy atom. The van der Waals surface area contributed by atoms with E-state index in [1.54, 1.807) is 0 Å². The van der Waals surface area contributed by atoms with Crippen molar-refractivity contribution >= 4 is 0 Å². The van der Waals surface area contributed by atoms with Crippen LogP contribution < -0.4 is 10.1 Å². The van der Waals surface area contributed by atoms with Crippen molar-refractivity contribution in [1.29, 1.82) is 0 Å². The van der Waals surface area contributed by atoms with Crippen LogP contribution in [0.15, 0.2) is 48.8 Å². The zero-order valence-corrected chi connectivity index (χ0v) is 11.1. The predicted octanol–water partition coefficient (Wildman–Crippen LogP) is 2.82. The zero-order valence-electron chi connectivity index (χ0n) is 11.1. The number of nitrogens with one attached hydrogen (secondary N) is 1. The molecule has 0 aliphatic heterocycles. The Morgan fingerprint density at radius 1 is 1.16 bits per heavy atom. The highest BCUT2D eigenvalue weighted by molar-refractivity contribution is 5.20. The number of para-hydroxylation sites is 1. The minimum Gasteiger partial charge on any atom is -0.492 e. The summed E-state index contributed by atoms with van der Waals surface area (Å²) in [5.74, 6) is 0.935. The van der Waals surface area contributed by atoms with Crippen LogP contribution in [-0.2, 0) is 13.1 Å². The summed E-state index contributed by atoms with van der Waals surface area (Å²) in [6, 6.07) is 12.9. The number of hydrogen-bond acceptors (Lipinski definition) is 2. The van der Waals surface area contributed by atoms with E-state index in [0.717, 1.165) is 24.9 Å². The number of aromatic nitrogens is 1. The molecule has 1 aromatic carbocycles. The second-order valence-electron chi connectivity index (χ2n) is 5.07. The van der Waals surface area contributed by atoms with Crippen molar-refractivity contribution in [2.45, 2.75) is 32.0 Å². The lowest BCUT2D eigenvalue weighted by molar-refractivity contribution is 0.298. The largest absolute Gasteiger partial charge is 0.492 e. The van der Waals surface area contributed by atoms with E-state index >= 15 is 0 Å². The standard InChI is InChI=1S/C16H20N2O/c1-2-4-16(5-3-1)19-11-10-18-9-8-14(13-18)12-17-15-6-7-15/h1-5,8-9,13,15,17H,6-7,10-12H2. The molecule has 100 valence electrons. The molecule has 0 amide bonds. The first-order chi connectivity index (χ1) is 9.40. The van der Waals surface area contributed by atoms with Crippen molar-refractivity contribution in [2.75, 3.05) is 6.61 Å². The van der Waals surface area contributed by atoms with E-state index in [9.17, 15) is 0 Å². The molecule has 19 heavy (non-hydrogen) atoms. The lowest BCUT2D eigenvalue weighted by atomic mass is 10.3. The normalized spacial score (nSPS) is 14.5. The van der Waals surface area contributed by atoms with Gasteiger partial charge in [0.1, 0.15) is 12.4 Å². The van der Waals surface area contributed by atoms with E-state index in [1.807, 2.05) is 30.3 Å². The van der Waals surface area contributed by atoms with Crippen molar-refractivity contribution in [3.63, 3.8) is 0 Å². The van der Waals surface area contributed by atoms with Gasteiger partial charge < -0.3 is 14.6 Å². The Kier molecular flexibility index (Phi) is 3.84. The van der Waals surface area contributed by atoms with Gasteiger partial charge in [-0.25, -0.2) is 0 Å². The maximum atomic E-state index is 5.69. The molecule has 0 unspecified atom stereocenters. The highest BCUT2D eigenvalue weighted by atomic mass is 16.5. The molecule has 3 heteroatoms. The van der Waals surface area contributed by atoms with Gasteiger partial charge in [0.05, 0.1) is 6.54 Å². The lowest BCUT2D eigenvalue weighted by Crippen LogP contribution is -2.14. The van der Waals surface area contributed by atoms with Crippen LogP contribution >= 0.6 is 0 Å². The van der Waals surface area contributed by atoms with Crippen molar-refractivity contribution in [3.8, 4) is 5.75 Å². The second-order valence-corrected chi connectivity index (χ2v) is 5.07. The maximum absolute atomic E-state index is 5.69. The van der Waals surface area contributed by atoms with Gasteiger partial charge in [-0.3, -0.25) is 0 Å². The first-order valence-electron chi connectivity index (χ1n) is 6.96. The fraction of sp³-hybridized carbons (Fsp3) is 0.375. The van der Waals surface area contributed by atoms with Crippen LogP contribution in [0.4, 0.5) is 0 Å². The molecule has 1 fully saturated rings. The van der Waals surface area contributed by atoms with Gasteiger partial charge in [-0.2, -0.15) is 0 Å². The van der Waals surface area contributed by atoms with Crippen molar-refractivity contribution in [3.05, 3.63) is 54.4 Å². The maximum Gasteiger partial charge on any atom is 0.119 e. The van der Waals surface area contributed by atoms with Crippen LogP contribution in [0.5, 0.6) is 5.75 Å². The highest BCUT2D eigenvalue weighted by Crippen LogP contribution is 2.19. The van der Waals surface area contributed by atoms with Gasteiger partial charge >= 0.3 is 0 Å². The Bertz CT molecular complexity index is 502. The summed E-state index contributed by atoms with van der Waals surface area (Å²) in [7, 11) is 0. The summed E-state index contributed by atoms with van der Waals surface area (Å²) < 4.78 is 7.88. The predicted molar refractivity (Wildman–Crippen MR) is 76.2 cm³/mol. The molecule has 1 saturated carbocycles. The Hall–Kier alpha value is -1.74. The average Bonchev–Trinajstić information content (AvgIpc) is 3.17. The minimum absolute atomic E-state index is 0.703. The third-order valence-electron chi connectivity index (χ3n) is 3.35. The zero-order chi connectivity index (χ0) is 12.9. The summed E-state index contributed by atoms with van der Waals surface area (Å²) in [6.45, 7) is 2.57. The fourth-order valence-electron chi connectivity index (χ4n) is 2.07. The molecular weight excluding hydrogens is 236 g/mol. The summed E-state index contributed by atoms with van der Waals surface area (Å²) in [5.41, 5.74) is 1.35. The Balaban J connectivity index is 1.42. The van der Waals surface area contributed by atoms with E-state index < -0.39 is 0 Å². The monoisotopic (exact) mass is 256 g/mol. The molecule has 0 spiro atoms. The third kappa shape index (κ3) is 3.86. The Labute approximate surface area is 114 Å². The van der Waals surface area contributed by atoms with E-state index in [1.165, 1.54) is 18.4 Å². The fourth-order valence-corrected chi connectivity index (χ4v) is 2.07. The quantitative estimate of drug-likeness (QED) is 0.824. The smallest absolute Gasteiger partial charge is 0.119 e. The van der Waals surface area contributed by atoms with Crippen LogP contribution in [0.25, 0.3) is 0 Å². The molecule has 3 nitrogen and oxygen atoms in total. The van der Waals surface area contributed by atoms with E-state index in [0.29, 0.717) is 6.61 Å². The molecular formula is C16H20N2O. The average molecular weight is 256 g/mol. The number of rotatable bonds is 7. The van der Waals surface area contributed by atoms with Crippen LogP contribution in [0.1, 0.15) is 18.4 Å². The van der Waals surface area contributed by atoms with Gasteiger partial charge in [0.15, 0.2) is 0 Å². The number of nitrogens with zero attached hydrogens (tertiary/aromatic N) is 1. The molecule has 1 aromatic heterocycles. The Morgan fingerprint density at radius 2 is 2.00 bits per heavy atom. The van der Waals surface area contributed by atoms with Crippen LogP contribution in [-0.4, -0.2) is 17.2 Å². The lowest BCUT2D eigenvalue weighted by Gasteiger charge is -2.06. The molecule has 0 saturated heterocycles. The first kappa shape index (κ1) is 12.3.